The van der Waals surface area contributed by atoms with Gasteiger partial charge in [0.15, 0.2) is 0 Å². The number of phosphoric acid groups is 3. The van der Waals surface area contributed by atoms with Gasteiger partial charge in [0.25, 0.3) is 23.5 Å². The van der Waals surface area contributed by atoms with Gasteiger partial charge in [-0.15, -0.1) is 52.6 Å². The first-order valence-corrected chi connectivity index (χ1v) is 19.0. The smallest absolute Gasteiger partial charge is 0.268 e. The number of likely N-dealkylation sites (N-methyl/N-ethyl adjacent to an activating group) is 2. The standard InChI is InChI=1S/C19H41N2O18P3.4C2H4/c1-4-9-29-37-39-38-30-10-11-31-40(23,24)32-14-17(21-3)15-34-42(27,28)36-19-7-5-18(6-8-19)35-41(25,26)33-13-16(12-22)20-2;4*1-2/h4,9,16-22H,5-8,10-15H2,1-3H3,(H,23,24)(H,25,26)(H,27,28);4*1-2H2/p-3/b9-4+;;;;. The summed E-state index contributed by atoms with van der Waals surface area (Å²) in [6, 6.07) is -1.48. The fraction of sp³-hybridized carbons (Fsp3) is 0.630. The molecule has 1 rings (SSSR count). The van der Waals surface area contributed by atoms with Crippen molar-refractivity contribution in [2.75, 3.05) is 53.7 Å². The molecule has 1 fully saturated rings. The summed E-state index contributed by atoms with van der Waals surface area (Å²) in [5, 5.41) is 26.4. The monoisotopic (exact) mass is 787 g/mol. The zero-order chi connectivity index (χ0) is 39.5. The van der Waals surface area contributed by atoms with E-state index in [0.717, 1.165) is 6.26 Å². The molecular weight excluding hydrogens is 733 g/mol. The van der Waals surface area contributed by atoms with Gasteiger partial charge in [-0.1, -0.05) is 0 Å². The SMILES string of the molecule is C/C=C/OOOOOCCOP(=O)([O-])OCC(COP(=O)([O-])OC1CCC(OP(=O)([O-])OCC(CO)NC)CC1)NC.C=C.C=C.C=C.C=C. The second-order valence-corrected chi connectivity index (χ2v) is 12.6. The van der Waals surface area contributed by atoms with E-state index in [0.29, 0.717) is 0 Å². The Balaban J connectivity index is -0.00000123. The van der Waals surface area contributed by atoms with Crippen LogP contribution in [0.25, 0.3) is 0 Å². The van der Waals surface area contributed by atoms with Crippen molar-refractivity contribution in [3.63, 3.8) is 0 Å². The molecule has 0 spiro atoms. The van der Waals surface area contributed by atoms with E-state index in [2.05, 4.69) is 92.7 Å². The van der Waals surface area contributed by atoms with Gasteiger partial charge >= 0.3 is 0 Å². The molecule has 50 heavy (non-hydrogen) atoms. The van der Waals surface area contributed by atoms with Crippen molar-refractivity contribution >= 4 is 23.5 Å². The Morgan fingerprint density at radius 3 is 1.50 bits per heavy atom. The number of hydrogen-bond acceptors (Lipinski definition) is 20. The summed E-state index contributed by atoms with van der Waals surface area (Å²) in [4.78, 5) is 44.8. The average molecular weight is 788 g/mol. The van der Waals surface area contributed by atoms with Gasteiger partial charge in [-0.3, -0.25) is 13.7 Å². The van der Waals surface area contributed by atoms with Crippen molar-refractivity contribution in [2.24, 2.45) is 0 Å². The Hall–Kier alpha value is -1.45. The molecule has 0 saturated heterocycles. The van der Waals surface area contributed by atoms with Crippen molar-refractivity contribution < 1.29 is 85.5 Å². The molecule has 23 heteroatoms. The van der Waals surface area contributed by atoms with Gasteiger partial charge < -0.3 is 62.5 Å². The number of rotatable bonds is 25. The van der Waals surface area contributed by atoms with E-state index in [-0.39, 0.29) is 38.9 Å². The molecule has 20 nitrogen and oxygen atoms in total. The number of hydrogen-bond donors (Lipinski definition) is 3. The molecule has 0 aromatic rings. The molecule has 1 saturated carbocycles. The molecule has 5 unspecified atom stereocenters. The molecule has 0 aliphatic heterocycles. The van der Waals surface area contributed by atoms with Crippen LogP contribution in [0.3, 0.4) is 0 Å². The lowest BCUT2D eigenvalue weighted by atomic mass is 9.95. The Labute approximate surface area is 295 Å². The lowest BCUT2D eigenvalue weighted by molar-refractivity contribution is -0.700. The van der Waals surface area contributed by atoms with Gasteiger partial charge in [-0.2, -0.15) is 0 Å². The molecule has 0 amide bonds. The second kappa shape index (κ2) is 35.9. The quantitative estimate of drug-likeness (QED) is 0.0299. The number of aliphatic hydroxyl groups is 1. The highest BCUT2D eigenvalue weighted by molar-refractivity contribution is 7.46. The summed E-state index contributed by atoms with van der Waals surface area (Å²) in [5.41, 5.74) is 0. The highest BCUT2D eigenvalue weighted by Gasteiger charge is 2.29. The maximum absolute atomic E-state index is 12.3. The summed E-state index contributed by atoms with van der Waals surface area (Å²) in [5.74, 6) is 0. The largest absolute Gasteiger partial charge is 0.756 e. The van der Waals surface area contributed by atoms with Gasteiger partial charge in [-0.25, -0.2) is 4.89 Å². The number of aliphatic hydroxyl groups excluding tert-OH is 1. The molecule has 1 aliphatic carbocycles. The average Bonchev–Trinajstić information content (AvgIpc) is 3.12. The molecule has 0 bridgehead atoms. The Morgan fingerprint density at radius 2 is 1.10 bits per heavy atom. The lowest BCUT2D eigenvalue weighted by Crippen LogP contribution is -2.36. The Bertz CT molecular complexity index is 949. The third kappa shape index (κ3) is 32.5. The van der Waals surface area contributed by atoms with Crippen LogP contribution >= 0.6 is 23.5 Å². The number of allylic oxidation sites excluding steroid dienone is 1. The number of phosphoric ester groups is 3. The molecule has 3 N–H and O–H groups in total. The summed E-state index contributed by atoms with van der Waals surface area (Å²) in [6.07, 6.45) is 1.76. The molecular formula is C27H54N2O18P3-3. The third-order valence-corrected chi connectivity index (χ3v) is 8.27. The van der Waals surface area contributed by atoms with E-state index in [1.165, 1.54) is 20.2 Å². The van der Waals surface area contributed by atoms with E-state index < -0.39 is 74.2 Å². The third-order valence-electron chi connectivity index (χ3n) is 5.27. The summed E-state index contributed by atoms with van der Waals surface area (Å²) in [6.45, 7) is 23.0. The Kier molecular flexibility index (Phi) is 39.7. The van der Waals surface area contributed by atoms with Crippen LogP contribution in [0.5, 0.6) is 0 Å². The van der Waals surface area contributed by atoms with Gasteiger partial charge in [-0.05, 0) is 57.8 Å². The lowest BCUT2D eigenvalue weighted by Gasteiger charge is -2.35. The minimum absolute atomic E-state index is 0.156. The molecule has 0 aromatic carbocycles. The van der Waals surface area contributed by atoms with Crippen LogP contribution in [-0.4, -0.2) is 83.1 Å². The van der Waals surface area contributed by atoms with Gasteiger partial charge in [0, 0.05) is 10.1 Å². The summed E-state index contributed by atoms with van der Waals surface area (Å²) >= 11 is 0. The van der Waals surface area contributed by atoms with Crippen LogP contribution in [0.4, 0.5) is 0 Å². The minimum Gasteiger partial charge on any atom is -0.756 e. The summed E-state index contributed by atoms with van der Waals surface area (Å²) < 4.78 is 65.1. The van der Waals surface area contributed by atoms with Crippen molar-refractivity contribution in [1.29, 1.82) is 0 Å². The molecule has 0 heterocycles. The minimum atomic E-state index is -4.82. The van der Waals surface area contributed by atoms with Gasteiger partial charge in [0.05, 0.1) is 57.3 Å². The molecule has 298 valence electrons. The first-order valence-electron chi connectivity index (χ1n) is 14.6. The van der Waals surface area contributed by atoms with Crippen LogP contribution in [0.15, 0.2) is 65.0 Å². The van der Waals surface area contributed by atoms with E-state index in [1.54, 1.807) is 6.92 Å². The van der Waals surface area contributed by atoms with E-state index in [9.17, 15) is 28.4 Å². The van der Waals surface area contributed by atoms with Crippen molar-refractivity contribution in [2.45, 2.75) is 56.9 Å². The topological polar surface area (TPSA) is 266 Å². The molecule has 5 atom stereocenters. The zero-order valence-electron chi connectivity index (χ0n) is 28.9. The van der Waals surface area contributed by atoms with Crippen molar-refractivity contribution in [3.8, 4) is 0 Å². The van der Waals surface area contributed by atoms with Crippen LogP contribution in [-0.2, 0) is 65.7 Å². The highest BCUT2D eigenvalue weighted by atomic mass is 31.2. The fourth-order valence-corrected chi connectivity index (χ4v) is 5.77. The van der Waals surface area contributed by atoms with Crippen molar-refractivity contribution in [3.05, 3.63) is 65.0 Å². The molecule has 0 aromatic heterocycles. The summed E-state index contributed by atoms with van der Waals surface area (Å²) in [7, 11) is -11.3. The predicted molar refractivity (Wildman–Crippen MR) is 178 cm³/mol. The van der Waals surface area contributed by atoms with E-state index in [4.69, 9.17) is 27.7 Å². The first-order chi connectivity index (χ1) is 23.8. The zero-order valence-corrected chi connectivity index (χ0v) is 31.6. The fourth-order valence-electron chi connectivity index (χ4n) is 3.03. The van der Waals surface area contributed by atoms with Crippen LogP contribution < -0.4 is 25.3 Å². The predicted octanol–water partition coefficient (Wildman–Crippen LogP) is 2.46. The van der Waals surface area contributed by atoms with Crippen LogP contribution in [0, 0.1) is 0 Å². The maximum atomic E-state index is 12.3. The second-order valence-electron chi connectivity index (χ2n) is 8.42. The normalized spacial score (nSPS) is 20.1. The van der Waals surface area contributed by atoms with Gasteiger partial charge in [0.1, 0.15) is 12.9 Å². The van der Waals surface area contributed by atoms with Gasteiger partial charge in [0.2, 0.25) is 0 Å². The molecule has 1 aliphatic rings. The van der Waals surface area contributed by atoms with Crippen LogP contribution in [0.1, 0.15) is 32.6 Å². The Morgan fingerprint density at radius 1 is 0.680 bits per heavy atom. The highest BCUT2D eigenvalue weighted by Crippen LogP contribution is 2.46. The molecule has 0 radical (unpaired) electrons. The van der Waals surface area contributed by atoms with E-state index in [1.807, 2.05) is 0 Å². The maximum Gasteiger partial charge on any atom is 0.268 e. The van der Waals surface area contributed by atoms with E-state index >= 15 is 0 Å². The number of nitrogens with one attached hydrogen (secondary N) is 2. The van der Waals surface area contributed by atoms with Crippen LogP contribution in [0.2, 0.25) is 0 Å². The first kappa shape index (κ1) is 55.3. The van der Waals surface area contributed by atoms with Crippen molar-refractivity contribution in [1.82, 2.24) is 10.6 Å².